The zero-order chi connectivity index (χ0) is 12.8. The first-order valence-electron chi connectivity index (χ1n) is 5.68. The van der Waals surface area contributed by atoms with E-state index in [4.69, 9.17) is 0 Å². The van der Waals surface area contributed by atoms with Crippen LogP contribution >= 0.6 is 0 Å². The van der Waals surface area contributed by atoms with Crippen LogP contribution in [0.25, 0.3) is 0 Å². The van der Waals surface area contributed by atoms with Crippen LogP contribution in [0.15, 0.2) is 18.2 Å². The Morgan fingerprint density at radius 3 is 2.76 bits per heavy atom. The Morgan fingerprint density at radius 1 is 1.53 bits per heavy atom. The Balaban J connectivity index is 2.72. The molecule has 1 rings (SSSR count). The van der Waals surface area contributed by atoms with E-state index in [0.29, 0.717) is 12.6 Å². The van der Waals surface area contributed by atoms with Crippen molar-refractivity contribution in [3.05, 3.63) is 35.1 Å². The second-order valence-electron chi connectivity index (χ2n) is 4.00. The quantitative estimate of drug-likeness (QED) is 0.802. The van der Waals surface area contributed by atoms with Crippen LogP contribution in [0.1, 0.15) is 36.2 Å². The molecule has 4 heteroatoms. The molecule has 0 saturated heterocycles. The molecule has 0 heterocycles. The van der Waals surface area contributed by atoms with Gasteiger partial charge in [-0.2, -0.15) is 0 Å². The van der Waals surface area contributed by atoms with E-state index in [1.807, 2.05) is 0 Å². The van der Waals surface area contributed by atoms with Crippen LogP contribution in [-0.2, 0) is 11.3 Å². The molecule has 0 fully saturated rings. The van der Waals surface area contributed by atoms with Gasteiger partial charge in [-0.25, -0.2) is 9.18 Å². The number of benzene rings is 1. The van der Waals surface area contributed by atoms with Crippen LogP contribution in [0.4, 0.5) is 4.39 Å². The molecule has 1 unspecified atom stereocenters. The van der Waals surface area contributed by atoms with E-state index in [2.05, 4.69) is 23.9 Å². The third-order valence-corrected chi connectivity index (χ3v) is 2.71. The maximum atomic E-state index is 13.6. The summed E-state index contributed by atoms with van der Waals surface area (Å²) >= 11 is 0. The third-order valence-electron chi connectivity index (χ3n) is 2.71. The maximum absolute atomic E-state index is 13.6. The second-order valence-corrected chi connectivity index (χ2v) is 4.00. The number of halogens is 1. The van der Waals surface area contributed by atoms with Crippen LogP contribution in [-0.4, -0.2) is 19.1 Å². The Morgan fingerprint density at radius 2 is 2.24 bits per heavy atom. The topological polar surface area (TPSA) is 38.3 Å². The molecule has 0 aliphatic carbocycles. The van der Waals surface area contributed by atoms with Crippen LogP contribution in [0, 0.1) is 5.82 Å². The normalized spacial score (nSPS) is 12.2. The van der Waals surface area contributed by atoms with Gasteiger partial charge in [-0.3, -0.25) is 0 Å². The van der Waals surface area contributed by atoms with E-state index >= 15 is 0 Å². The first kappa shape index (κ1) is 13.6. The van der Waals surface area contributed by atoms with Gasteiger partial charge in [0.15, 0.2) is 0 Å². The Kier molecular flexibility index (Phi) is 5.10. The highest BCUT2D eigenvalue weighted by molar-refractivity contribution is 5.89. The van der Waals surface area contributed by atoms with Gasteiger partial charge in [0.2, 0.25) is 0 Å². The molecule has 0 radical (unpaired) electrons. The van der Waals surface area contributed by atoms with Crippen molar-refractivity contribution in [3.63, 3.8) is 0 Å². The minimum Gasteiger partial charge on any atom is -0.465 e. The van der Waals surface area contributed by atoms with Gasteiger partial charge in [0, 0.05) is 12.6 Å². The number of methoxy groups -OCH3 is 1. The Hall–Kier alpha value is -1.42. The fourth-order valence-corrected chi connectivity index (χ4v) is 1.38. The molecule has 0 amide bonds. The number of rotatable bonds is 5. The number of esters is 1. The van der Waals surface area contributed by atoms with Crippen molar-refractivity contribution in [2.45, 2.75) is 32.9 Å². The van der Waals surface area contributed by atoms with Gasteiger partial charge in [-0.1, -0.05) is 13.0 Å². The average Bonchev–Trinajstić information content (AvgIpc) is 2.35. The molecule has 0 saturated carbocycles. The highest BCUT2D eigenvalue weighted by Gasteiger charge is 2.12. The molecule has 1 aromatic carbocycles. The number of nitrogens with one attached hydrogen (secondary N) is 1. The lowest BCUT2D eigenvalue weighted by Gasteiger charge is -2.11. The second kappa shape index (κ2) is 6.35. The summed E-state index contributed by atoms with van der Waals surface area (Å²) in [6.07, 6.45) is 1.02. The van der Waals surface area contributed by atoms with Crippen molar-refractivity contribution in [3.8, 4) is 0 Å². The van der Waals surface area contributed by atoms with Crippen LogP contribution in [0.3, 0.4) is 0 Å². The van der Waals surface area contributed by atoms with Crippen molar-refractivity contribution in [2.24, 2.45) is 0 Å². The number of ether oxygens (including phenoxy) is 1. The lowest BCUT2D eigenvalue weighted by Crippen LogP contribution is -2.24. The first-order valence-corrected chi connectivity index (χ1v) is 5.68. The molecule has 0 aliphatic rings. The molecular weight excluding hydrogens is 221 g/mol. The lowest BCUT2D eigenvalue weighted by molar-refractivity contribution is 0.0595. The minimum atomic E-state index is -0.649. The SMILES string of the molecule is CCC(C)NCc1ccc(C(=O)OC)c(F)c1. The van der Waals surface area contributed by atoms with Crippen molar-refractivity contribution >= 4 is 5.97 Å². The standard InChI is InChI=1S/C13H18FNO2/c1-4-9(2)15-8-10-5-6-11(12(14)7-10)13(16)17-3/h5-7,9,15H,4,8H2,1-3H3. The summed E-state index contributed by atoms with van der Waals surface area (Å²) in [6.45, 7) is 4.74. The molecule has 17 heavy (non-hydrogen) atoms. The molecule has 1 N–H and O–H groups in total. The van der Waals surface area contributed by atoms with Crippen molar-refractivity contribution in [1.82, 2.24) is 5.32 Å². The van der Waals surface area contributed by atoms with Gasteiger partial charge < -0.3 is 10.1 Å². The largest absolute Gasteiger partial charge is 0.465 e. The highest BCUT2D eigenvalue weighted by atomic mass is 19.1. The van der Waals surface area contributed by atoms with E-state index in [1.54, 1.807) is 6.07 Å². The fraction of sp³-hybridized carbons (Fsp3) is 0.462. The van der Waals surface area contributed by atoms with Crippen molar-refractivity contribution in [1.29, 1.82) is 0 Å². The smallest absolute Gasteiger partial charge is 0.340 e. The first-order chi connectivity index (χ1) is 8.08. The van der Waals surface area contributed by atoms with Gasteiger partial charge >= 0.3 is 5.97 Å². The van der Waals surface area contributed by atoms with Gasteiger partial charge in [0.1, 0.15) is 5.82 Å². The Labute approximate surface area is 101 Å². The minimum absolute atomic E-state index is 0.0280. The number of carbonyl (C=O) groups excluding carboxylic acids is 1. The number of carbonyl (C=O) groups is 1. The summed E-state index contributed by atoms with van der Waals surface area (Å²) in [7, 11) is 1.24. The van der Waals surface area contributed by atoms with E-state index in [1.165, 1.54) is 19.2 Å². The summed E-state index contributed by atoms with van der Waals surface area (Å²) in [6, 6.07) is 4.93. The van der Waals surface area contributed by atoms with E-state index < -0.39 is 11.8 Å². The predicted octanol–water partition coefficient (Wildman–Crippen LogP) is 2.50. The number of hydrogen-bond donors (Lipinski definition) is 1. The summed E-state index contributed by atoms with van der Waals surface area (Å²) in [5.41, 5.74) is 0.787. The van der Waals surface area contributed by atoms with Gasteiger partial charge in [-0.15, -0.1) is 0 Å². The van der Waals surface area contributed by atoms with Gasteiger partial charge in [0.25, 0.3) is 0 Å². The van der Waals surface area contributed by atoms with E-state index in [0.717, 1.165) is 12.0 Å². The number of hydrogen-bond acceptors (Lipinski definition) is 3. The third kappa shape index (κ3) is 3.82. The van der Waals surface area contributed by atoms with Crippen LogP contribution < -0.4 is 5.32 Å². The van der Waals surface area contributed by atoms with Gasteiger partial charge in [-0.05, 0) is 31.0 Å². The molecule has 1 atom stereocenters. The molecule has 0 aliphatic heterocycles. The molecule has 0 aromatic heterocycles. The molecular formula is C13H18FNO2. The predicted molar refractivity (Wildman–Crippen MR) is 64.3 cm³/mol. The van der Waals surface area contributed by atoms with Crippen LogP contribution in [0.5, 0.6) is 0 Å². The average molecular weight is 239 g/mol. The molecule has 1 aromatic rings. The lowest BCUT2D eigenvalue weighted by atomic mass is 10.1. The summed E-state index contributed by atoms with van der Waals surface area (Å²) in [4.78, 5) is 11.2. The summed E-state index contributed by atoms with van der Waals surface area (Å²) in [5.74, 6) is -1.19. The van der Waals surface area contributed by atoms with Crippen LogP contribution in [0.2, 0.25) is 0 Å². The summed E-state index contributed by atoms with van der Waals surface area (Å²) < 4.78 is 18.0. The Bertz CT molecular complexity index is 393. The van der Waals surface area contributed by atoms with Gasteiger partial charge in [0.05, 0.1) is 12.7 Å². The molecule has 0 spiro atoms. The zero-order valence-electron chi connectivity index (χ0n) is 10.4. The summed E-state index contributed by atoms with van der Waals surface area (Å²) in [5, 5.41) is 3.26. The van der Waals surface area contributed by atoms with E-state index in [9.17, 15) is 9.18 Å². The monoisotopic (exact) mass is 239 g/mol. The fourth-order valence-electron chi connectivity index (χ4n) is 1.38. The maximum Gasteiger partial charge on any atom is 0.340 e. The van der Waals surface area contributed by atoms with Crippen molar-refractivity contribution < 1.29 is 13.9 Å². The molecule has 94 valence electrons. The van der Waals surface area contributed by atoms with E-state index in [-0.39, 0.29) is 5.56 Å². The zero-order valence-corrected chi connectivity index (χ0v) is 10.4. The molecule has 3 nitrogen and oxygen atoms in total. The molecule has 0 bridgehead atoms. The highest BCUT2D eigenvalue weighted by Crippen LogP contribution is 2.11. The van der Waals surface area contributed by atoms with Crippen molar-refractivity contribution in [2.75, 3.05) is 7.11 Å².